The zero-order valence-corrected chi connectivity index (χ0v) is 15.8. The number of hydrogen-bond acceptors (Lipinski definition) is 5. The summed E-state index contributed by atoms with van der Waals surface area (Å²) in [6.45, 7) is 0. The van der Waals surface area contributed by atoms with E-state index >= 15 is 0 Å². The van der Waals surface area contributed by atoms with E-state index in [2.05, 4.69) is 26.0 Å². The normalized spacial score (nSPS) is 14.0. The van der Waals surface area contributed by atoms with Gasteiger partial charge in [-0.3, -0.25) is 9.59 Å². The van der Waals surface area contributed by atoms with Crippen molar-refractivity contribution in [3.8, 4) is 0 Å². The van der Waals surface area contributed by atoms with Gasteiger partial charge in [-0.2, -0.15) is 0 Å². The first-order chi connectivity index (χ1) is 12.4. The molecule has 132 valence electrons. The molecule has 0 bridgehead atoms. The van der Waals surface area contributed by atoms with Crippen LogP contribution in [0.25, 0.3) is 0 Å². The summed E-state index contributed by atoms with van der Waals surface area (Å²) in [6.07, 6.45) is 0. The van der Waals surface area contributed by atoms with Gasteiger partial charge < -0.3 is 10.1 Å². The monoisotopic (exact) mass is 434 g/mol. The lowest BCUT2D eigenvalue weighted by atomic mass is 10.2. The zero-order valence-electron chi connectivity index (χ0n) is 13.5. The van der Waals surface area contributed by atoms with Gasteiger partial charge >= 0.3 is 5.97 Å². The van der Waals surface area contributed by atoms with E-state index in [1.165, 1.54) is 31.4 Å². The number of ether oxygens (including phenoxy) is 1. The number of imide groups is 1. The first-order valence-electron chi connectivity index (χ1n) is 7.42. The highest BCUT2D eigenvalue weighted by Gasteiger charge is 2.38. The summed E-state index contributed by atoms with van der Waals surface area (Å²) >= 11 is 9.40. The lowest BCUT2D eigenvalue weighted by Crippen LogP contribution is -2.32. The Morgan fingerprint density at radius 3 is 2.23 bits per heavy atom. The van der Waals surface area contributed by atoms with Crippen LogP contribution in [0.4, 0.5) is 11.4 Å². The van der Waals surface area contributed by atoms with Crippen LogP contribution >= 0.6 is 27.5 Å². The molecule has 0 saturated carbocycles. The van der Waals surface area contributed by atoms with Gasteiger partial charge in [0.2, 0.25) is 0 Å². The molecular formula is C18H12BrClN2O4. The number of rotatable bonds is 4. The van der Waals surface area contributed by atoms with E-state index in [0.717, 1.165) is 9.37 Å². The molecule has 1 heterocycles. The highest BCUT2D eigenvalue weighted by molar-refractivity contribution is 9.10. The lowest BCUT2D eigenvalue weighted by molar-refractivity contribution is -0.120. The fraction of sp³-hybridized carbons (Fsp3) is 0.0556. The van der Waals surface area contributed by atoms with Crippen molar-refractivity contribution in [3.63, 3.8) is 0 Å². The van der Waals surface area contributed by atoms with Crippen molar-refractivity contribution >= 4 is 56.7 Å². The quantitative estimate of drug-likeness (QED) is 0.586. The van der Waals surface area contributed by atoms with Crippen molar-refractivity contribution in [2.24, 2.45) is 0 Å². The van der Waals surface area contributed by atoms with E-state index < -0.39 is 17.8 Å². The molecule has 3 rings (SSSR count). The van der Waals surface area contributed by atoms with Crippen molar-refractivity contribution in [1.82, 2.24) is 0 Å². The molecule has 0 unspecified atom stereocenters. The number of benzene rings is 2. The maximum atomic E-state index is 12.7. The lowest BCUT2D eigenvalue weighted by Gasteiger charge is -2.15. The molecule has 0 saturated heterocycles. The Kier molecular flexibility index (Phi) is 5.11. The maximum absolute atomic E-state index is 12.7. The Hall–Kier alpha value is -2.64. The molecule has 0 atom stereocenters. The Bertz CT molecular complexity index is 923. The van der Waals surface area contributed by atoms with Crippen molar-refractivity contribution < 1.29 is 19.1 Å². The number of amides is 2. The minimum Gasteiger partial charge on any atom is -0.465 e. The molecule has 0 aliphatic carbocycles. The van der Waals surface area contributed by atoms with Crippen LogP contribution < -0.4 is 10.2 Å². The maximum Gasteiger partial charge on any atom is 0.337 e. The van der Waals surface area contributed by atoms with E-state index in [0.29, 0.717) is 16.9 Å². The van der Waals surface area contributed by atoms with Crippen LogP contribution in [-0.2, 0) is 14.3 Å². The smallest absolute Gasteiger partial charge is 0.337 e. The molecule has 2 aromatic rings. The summed E-state index contributed by atoms with van der Waals surface area (Å²) in [6, 6.07) is 13.0. The second-order valence-electron chi connectivity index (χ2n) is 5.31. The number of carbonyl (C=O) groups is 3. The third kappa shape index (κ3) is 3.36. The number of esters is 1. The third-order valence-corrected chi connectivity index (χ3v) is 4.57. The van der Waals surface area contributed by atoms with Gasteiger partial charge in [-0.05, 0) is 48.5 Å². The second-order valence-corrected chi connectivity index (χ2v) is 6.60. The van der Waals surface area contributed by atoms with Crippen LogP contribution in [0.15, 0.2) is 63.7 Å². The molecule has 1 aliphatic rings. The van der Waals surface area contributed by atoms with Crippen molar-refractivity contribution in [2.75, 3.05) is 17.3 Å². The van der Waals surface area contributed by atoms with E-state index in [1.54, 1.807) is 24.3 Å². The molecule has 2 amide bonds. The Morgan fingerprint density at radius 1 is 1.04 bits per heavy atom. The average Bonchev–Trinajstić information content (AvgIpc) is 2.86. The highest BCUT2D eigenvalue weighted by atomic mass is 79.9. The first-order valence-corrected chi connectivity index (χ1v) is 8.59. The summed E-state index contributed by atoms with van der Waals surface area (Å²) in [5, 5.41) is 2.68. The SMILES string of the molecule is COC(=O)c1ccc(N2C(=O)C(Cl)=C(Nc3ccc(Br)cc3)C2=O)cc1. The van der Waals surface area contributed by atoms with Gasteiger partial charge in [-0.25, -0.2) is 9.69 Å². The topological polar surface area (TPSA) is 75.7 Å². The number of carbonyl (C=O) groups excluding carboxylic acids is 3. The standard InChI is InChI=1S/C18H12BrClN2O4/c1-26-18(25)10-2-8-13(9-3-10)22-16(23)14(20)15(17(22)24)21-12-6-4-11(19)5-7-12/h2-9,21H,1H3. The molecule has 26 heavy (non-hydrogen) atoms. The molecule has 8 heteroatoms. The van der Waals surface area contributed by atoms with E-state index in [4.69, 9.17) is 11.6 Å². The van der Waals surface area contributed by atoms with Gasteiger partial charge in [-0.1, -0.05) is 27.5 Å². The first kappa shape index (κ1) is 18.2. The van der Waals surface area contributed by atoms with E-state index in [1.807, 2.05) is 0 Å². The number of methoxy groups -OCH3 is 1. The van der Waals surface area contributed by atoms with Gasteiger partial charge in [0.15, 0.2) is 0 Å². The van der Waals surface area contributed by atoms with Crippen LogP contribution in [0.1, 0.15) is 10.4 Å². The van der Waals surface area contributed by atoms with Crippen molar-refractivity contribution in [1.29, 1.82) is 0 Å². The minimum absolute atomic E-state index is 0.00367. The Labute approximate surface area is 162 Å². The van der Waals surface area contributed by atoms with Gasteiger partial charge in [0, 0.05) is 10.2 Å². The molecule has 0 spiro atoms. The minimum atomic E-state index is -0.637. The average molecular weight is 436 g/mol. The fourth-order valence-electron chi connectivity index (χ4n) is 2.39. The molecule has 1 aliphatic heterocycles. The van der Waals surface area contributed by atoms with Gasteiger partial charge in [-0.15, -0.1) is 0 Å². The summed E-state index contributed by atoms with van der Waals surface area (Å²) < 4.78 is 5.50. The molecule has 0 aromatic heterocycles. The Morgan fingerprint density at radius 2 is 1.65 bits per heavy atom. The van der Waals surface area contributed by atoms with E-state index in [-0.39, 0.29) is 10.7 Å². The molecule has 0 fully saturated rings. The second kappa shape index (κ2) is 7.31. The van der Waals surface area contributed by atoms with Crippen LogP contribution in [-0.4, -0.2) is 24.9 Å². The molecule has 2 aromatic carbocycles. The van der Waals surface area contributed by atoms with Crippen molar-refractivity contribution in [3.05, 3.63) is 69.3 Å². The number of hydrogen-bond donors (Lipinski definition) is 1. The van der Waals surface area contributed by atoms with Crippen molar-refractivity contribution in [2.45, 2.75) is 0 Å². The van der Waals surface area contributed by atoms with Gasteiger partial charge in [0.25, 0.3) is 11.8 Å². The van der Waals surface area contributed by atoms with Crippen LogP contribution in [0.2, 0.25) is 0 Å². The summed E-state index contributed by atoms with van der Waals surface area (Å²) in [4.78, 5) is 37.5. The molecule has 1 N–H and O–H groups in total. The van der Waals surface area contributed by atoms with Crippen LogP contribution in [0, 0.1) is 0 Å². The summed E-state index contributed by atoms with van der Waals surface area (Å²) in [7, 11) is 1.27. The number of nitrogens with one attached hydrogen (secondary N) is 1. The van der Waals surface area contributed by atoms with Gasteiger partial charge in [0.05, 0.1) is 18.4 Å². The Balaban J connectivity index is 1.85. The molecule has 0 radical (unpaired) electrons. The summed E-state index contributed by atoms with van der Waals surface area (Å²) in [5.41, 5.74) is 1.22. The largest absolute Gasteiger partial charge is 0.465 e. The van der Waals surface area contributed by atoms with Crippen LogP contribution in [0.5, 0.6) is 0 Å². The van der Waals surface area contributed by atoms with Crippen LogP contribution in [0.3, 0.4) is 0 Å². The molecule has 6 nitrogen and oxygen atoms in total. The number of anilines is 2. The van der Waals surface area contributed by atoms with Gasteiger partial charge in [0.1, 0.15) is 10.7 Å². The number of halogens is 2. The summed E-state index contributed by atoms with van der Waals surface area (Å²) in [5.74, 6) is -1.72. The third-order valence-electron chi connectivity index (χ3n) is 3.69. The number of nitrogens with zero attached hydrogens (tertiary/aromatic N) is 1. The molecular weight excluding hydrogens is 424 g/mol. The van der Waals surface area contributed by atoms with E-state index in [9.17, 15) is 14.4 Å². The zero-order chi connectivity index (χ0) is 18.8. The fourth-order valence-corrected chi connectivity index (χ4v) is 2.86. The predicted molar refractivity (Wildman–Crippen MR) is 101 cm³/mol. The highest BCUT2D eigenvalue weighted by Crippen LogP contribution is 2.30. The predicted octanol–water partition coefficient (Wildman–Crippen LogP) is 3.67.